The van der Waals surface area contributed by atoms with Crippen LogP contribution in [0.4, 0.5) is 5.69 Å². The molecule has 0 bridgehead atoms. The Kier molecular flexibility index (Phi) is 7.81. The highest BCUT2D eigenvalue weighted by Crippen LogP contribution is 2.28. The molecule has 1 saturated heterocycles. The van der Waals surface area contributed by atoms with E-state index in [4.69, 9.17) is 21.1 Å². The normalized spacial score (nSPS) is 16.2. The molecule has 1 fully saturated rings. The second-order valence-corrected chi connectivity index (χ2v) is 7.58. The van der Waals surface area contributed by atoms with Gasteiger partial charge in [0.15, 0.2) is 11.5 Å². The molecule has 1 heterocycles. The fraction of sp³-hybridized carbons (Fsp3) is 0.391. The van der Waals surface area contributed by atoms with Crippen LogP contribution in [-0.2, 0) is 0 Å². The van der Waals surface area contributed by atoms with Crippen LogP contribution in [0, 0.1) is 0 Å². The van der Waals surface area contributed by atoms with Gasteiger partial charge in [0.25, 0.3) is 0 Å². The van der Waals surface area contributed by atoms with Gasteiger partial charge in [0, 0.05) is 43.4 Å². The Bertz CT molecular complexity index is 802. The van der Waals surface area contributed by atoms with E-state index in [0.717, 1.165) is 36.8 Å². The van der Waals surface area contributed by atoms with E-state index in [2.05, 4.69) is 21.9 Å². The smallest absolute Gasteiger partial charge is 0.161 e. The topological polar surface area (TPSA) is 45.2 Å². The van der Waals surface area contributed by atoms with Crippen LogP contribution in [0.1, 0.15) is 12.5 Å². The first-order chi connectivity index (χ1) is 14.1. The number of aliphatic hydroxyl groups excluding tert-OH is 1. The summed E-state index contributed by atoms with van der Waals surface area (Å²) in [7, 11) is 1.62. The minimum Gasteiger partial charge on any atom is -0.493 e. The van der Waals surface area contributed by atoms with Gasteiger partial charge in [0.1, 0.15) is 12.7 Å². The van der Waals surface area contributed by atoms with Crippen molar-refractivity contribution in [1.29, 1.82) is 0 Å². The summed E-state index contributed by atoms with van der Waals surface area (Å²) in [5, 5.41) is 11.2. The molecule has 3 rings (SSSR count). The number of nitrogens with zero attached hydrogens (tertiary/aromatic N) is 2. The first kappa shape index (κ1) is 21.5. The standard InChI is InChI=1S/C23H29ClN2O3/c1-3-4-18-5-10-22(23(15-18)28-2)29-17-21(27)16-25-11-13-26(14-12-25)20-8-6-19(24)7-9-20/h3-10,15,21,27H,11-14,16-17H2,1-2H3/b4-3+. The summed E-state index contributed by atoms with van der Waals surface area (Å²) in [5.41, 5.74) is 2.24. The third kappa shape index (κ3) is 6.13. The summed E-state index contributed by atoms with van der Waals surface area (Å²) in [6.45, 7) is 6.46. The number of methoxy groups -OCH3 is 1. The van der Waals surface area contributed by atoms with E-state index < -0.39 is 6.10 Å². The van der Waals surface area contributed by atoms with Crippen molar-refractivity contribution in [3.8, 4) is 11.5 Å². The lowest BCUT2D eigenvalue weighted by Gasteiger charge is -2.36. The molecule has 5 nitrogen and oxygen atoms in total. The van der Waals surface area contributed by atoms with Crippen LogP contribution in [0.5, 0.6) is 11.5 Å². The van der Waals surface area contributed by atoms with Gasteiger partial charge in [-0.05, 0) is 48.9 Å². The van der Waals surface area contributed by atoms with E-state index in [1.165, 1.54) is 5.69 Å². The predicted molar refractivity (Wildman–Crippen MR) is 119 cm³/mol. The van der Waals surface area contributed by atoms with E-state index in [-0.39, 0.29) is 6.61 Å². The molecule has 156 valence electrons. The summed E-state index contributed by atoms with van der Waals surface area (Å²) < 4.78 is 11.2. The van der Waals surface area contributed by atoms with Gasteiger partial charge >= 0.3 is 0 Å². The first-order valence-corrected chi connectivity index (χ1v) is 10.3. The highest BCUT2D eigenvalue weighted by atomic mass is 35.5. The number of benzene rings is 2. The Morgan fingerprint density at radius 3 is 2.45 bits per heavy atom. The van der Waals surface area contributed by atoms with E-state index in [0.29, 0.717) is 18.0 Å². The van der Waals surface area contributed by atoms with Crippen LogP contribution in [-0.4, -0.2) is 62.6 Å². The van der Waals surface area contributed by atoms with Crippen molar-refractivity contribution in [2.75, 3.05) is 51.3 Å². The van der Waals surface area contributed by atoms with Crippen LogP contribution < -0.4 is 14.4 Å². The number of aliphatic hydroxyl groups is 1. The second kappa shape index (κ2) is 10.5. The minimum atomic E-state index is -0.558. The summed E-state index contributed by atoms with van der Waals surface area (Å²) in [4.78, 5) is 4.61. The number of β-amino-alcohol motifs (C(OH)–C–C–N with tert-alkyl or cyclic N) is 1. The van der Waals surface area contributed by atoms with Crippen LogP contribution in [0.3, 0.4) is 0 Å². The molecule has 0 saturated carbocycles. The highest BCUT2D eigenvalue weighted by molar-refractivity contribution is 6.30. The molecule has 0 amide bonds. The van der Waals surface area contributed by atoms with Gasteiger partial charge in [-0.2, -0.15) is 0 Å². The molecule has 1 N–H and O–H groups in total. The molecule has 0 radical (unpaired) electrons. The molecule has 2 aromatic rings. The maximum Gasteiger partial charge on any atom is 0.161 e. The number of rotatable bonds is 8. The number of allylic oxidation sites excluding steroid dienone is 1. The Labute approximate surface area is 178 Å². The Morgan fingerprint density at radius 2 is 1.79 bits per heavy atom. The van der Waals surface area contributed by atoms with Gasteiger partial charge in [-0.3, -0.25) is 4.90 Å². The number of hydrogen-bond donors (Lipinski definition) is 1. The van der Waals surface area contributed by atoms with E-state index in [1.54, 1.807) is 7.11 Å². The molecular formula is C23H29ClN2O3. The zero-order valence-electron chi connectivity index (χ0n) is 17.1. The van der Waals surface area contributed by atoms with Crippen molar-refractivity contribution in [3.05, 3.63) is 59.1 Å². The average molecular weight is 417 g/mol. The first-order valence-electron chi connectivity index (χ1n) is 9.93. The fourth-order valence-corrected chi connectivity index (χ4v) is 3.60. The molecule has 1 aliphatic rings. The van der Waals surface area contributed by atoms with Crippen molar-refractivity contribution in [2.45, 2.75) is 13.0 Å². The maximum absolute atomic E-state index is 10.4. The van der Waals surface area contributed by atoms with Crippen molar-refractivity contribution in [2.24, 2.45) is 0 Å². The largest absolute Gasteiger partial charge is 0.493 e. The molecule has 0 spiro atoms. The van der Waals surface area contributed by atoms with E-state index >= 15 is 0 Å². The lowest BCUT2D eigenvalue weighted by molar-refractivity contribution is 0.0653. The number of piperazine rings is 1. The molecule has 0 aliphatic carbocycles. The van der Waals surface area contributed by atoms with Crippen LogP contribution >= 0.6 is 11.6 Å². The number of anilines is 1. The van der Waals surface area contributed by atoms with Crippen LogP contribution in [0.25, 0.3) is 6.08 Å². The van der Waals surface area contributed by atoms with Crippen molar-refractivity contribution in [1.82, 2.24) is 4.90 Å². The van der Waals surface area contributed by atoms with Gasteiger partial charge < -0.3 is 19.5 Å². The van der Waals surface area contributed by atoms with Gasteiger partial charge in [0.05, 0.1) is 7.11 Å². The van der Waals surface area contributed by atoms with Gasteiger partial charge in [-0.25, -0.2) is 0 Å². The lowest BCUT2D eigenvalue weighted by atomic mass is 10.2. The van der Waals surface area contributed by atoms with E-state index in [9.17, 15) is 5.11 Å². The molecule has 1 unspecified atom stereocenters. The molecule has 1 atom stereocenters. The summed E-state index contributed by atoms with van der Waals surface area (Å²) in [6, 6.07) is 13.7. The Balaban J connectivity index is 1.45. The van der Waals surface area contributed by atoms with Crippen molar-refractivity contribution in [3.63, 3.8) is 0 Å². The molecule has 1 aliphatic heterocycles. The Hall–Kier alpha value is -2.21. The molecule has 2 aromatic carbocycles. The quantitative estimate of drug-likeness (QED) is 0.706. The molecule has 0 aromatic heterocycles. The lowest BCUT2D eigenvalue weighted by Crippen LogP contribution is -2.49. The zero-order chi connectivity index (χ0) is 20.6. The fourth-order valence-electron chi connectivity index (χ4n) is 3.48. The SMILES string of the molecule is C/C=C/c1ccc(OCC(O)CN2CCN(c3ccc(Cl)cc3)CC2)c(OC)c1. The summed E-state index contributed by atoms with van der Waals surface area (Å²) >= 11 is 5.97. The summed E-state index contributed by atoms with van der Waals surface area (Å²) in [6.07, 6.45) is 3.42. The zero-order valence-corrected chi connectivity index (χ0v) is 17.8. The molecular weight excluding hydrogens is 388 g/mol. The predicted octanol–water partition coefficient (Wildman–Crippen LogP) is 3.94. The minimum absolute atomic E-state index is 0.233. The highest BCUT2D eigenvalue weighted by Gasteiger charge is 2.20. The maximum atomic E-state index is 10.4. The average Bonchev–Trinajstić information content (AvgIpc) is 2.74. The number of halogens is 1. The van der Waals surface area contributed by atoms with Gasteiger partial charge in [-0.15, -0.1) is 0 Å². The number of ether oxygens (including phenoxy) is 2. The van der Waals surface area contributed by atoms with Crippen molar-refractivity contribution >= 4 is 23.4 Å². The van der Waals surface area contributed by atoms with E-state index in [1.807, 2.05) is 49.4 Å². The summed E-state index contributed by atoms with van der Waals surface area (Å²) in [5.74, 6) is 1.32. The second-order valence-electron chi connectivity index (χ2n) is 7.14. The van der Waals surface area contributed by atoms with Gasteiger partial charge in [-0.1, -0.05) is 29.8 Å². The van der Waals surface area contributed by atoms with Crippen molar-refractivity contribution < 1.29 is 14.6 Å². The number of hydrogen-bond acceptors (Lipinski definition) is 5. The van der Waals surface area contributed by atoms with Gasteiger partial charge in [0.2, 0.25) is 0 Å². The third-order valence-electron chi connectivity index (χ3n) is 5.01. The Morgan fingerprint density at radius 1 is 1.07 bits per heavy atom. The van der Waals surface area contributed by atoms with Crippen LogP contribution in [0.2, 0.25) is 5.02 Å². The molecule has 6 heteroatoms. The molecule has 29 heavy (non-hydrogen) atoms. The third-order valence-corrected chi connectivity index (χ3v) is 5.26. The monoisotopic (exact) mass is 416 g/mol. The van der Waals surface area contributed by atoms with Crippen LogP contribution in [0.15, 0.2) is 48.5 Å².